The molecule has 3 aromatic heterocycles. The average molecular weight is 518 g/mol. The molecule has 7 aromatic rings. The molecule has 2 unspecified atom stereocenters. The summed E-state index contributed by atoms with van der Waals surface area (Å²) in [5.41, 5.74) is 9.05. The lowest BCUT2D eigenvalue weighted by Gasteiger charge is -2.22. The predicted octanol–water partition coefficient (Wildman–Crippen LogP) is 9.08. The SMILES string of the molecule is C1=CC2c3ccc4c(c3SC2c2c1n(-c1ccccn1)c1ccccc21)c1ccccc1n4-c1ccccc1. The first kappa shape index (κ1) is 21.4. The van der Waals surface area contributed by atoms with E-state index in [1.807, 2.05) is 24.0 Å². The molecule has 0 fully saturated rings. The zero-order chi connectivity index (χ0) is 25.5. The van der Waals surface area contributed by atoms with E-state index in [2.05, 4.69) is 124 Å². The number of hydrogen-bond donors (Lipinski definition) is 0. The van der Waals surface area contributed by atoms with Gasteiger partial charge in [0.25, 0.3) is 0 Å². The summed E-state index contributed by atoms with van der Waals surface area (Å²) in [7, 11) is 0. The van der Waals surface area contributed by atoms with Crippen molar-refractivity contribution in [2.24, 2.45) is 0 Å². The summed E-state index contributed by atoms with van der Waals surface area (Å²) in [4.78, 5) is 6.15. The highest BCUT2D eigenvalue weighted by Crippen LogP contribution is 2.61. The Morgan fingerprint density at radius 2 is 1.38 bits per heavy atom. The number of benzene rings is 4. The molecular formula is C35H23N3S. The standard InChI is InChI=1S/C35H23N3S/c1-2-10-22(11-3-1)37-27-14-6-4-12-25(27)32-29(37)19-17-23-24-18-20-30-33(35(24)39-34(23)32)26-13-5-7-15-28(26)38(30)31-16-8-9-21-36-31/h1-21,24,35H. The fourth-order valence-electron chi connectivity index (χ4n) is 6.77. The summed E-state index contributed by atoms with van der Waals surface area (Å²) >= 11 is 2.04. The summed E-state index contributed by atoms with van der Waals surface area (Å²) in [6.07, 6.45) is 6.63. The molecule has 184 valence electrons. The van der Waals surface area contributed by atoms with E-state index in [9.17, 15) is 0 Å². The van der Waals surface area contributed by atoms with Gasteiger partial charge in [0.05, 0.1) is 22.2 Å². The van der Waals surface area contributed by atoms with Crippen molar-refractivity contribution >= 4 is 50.5 Å². The molecular weight excluding hydrogens is 494 g/mol. The zero-order valence-electron chi connectivity index (χ0n) is 21.0. The fraction of sp³-hybridized carbons (Fsp3) is 0.0571. The van der Waals surface area contributed by atoms with Gasteiger partial charge in [-0.25, -0.2) is 4.98 Å². The van der Waals surface area contributed by atoms with Crippen LogP contribution in [0.4, 0.5) is 0 Å². The van der Waals surface area contributed by atoms with Gasteiger partial charge in [0.2, 0.25) is 0 Å². The van der Waals surface area contributed by atoms with E-state index in [4.69, 9.17) is 4.98 Å². The lowest BCUT2D eigenvalue weighted by Crippen LogP contribution is -2.08. The van der Waals surface area contributed by atoms with Crippen LogP contribution in [0.25, 0.3) is 50.3 Å². The Hall–Kier alpha value is -4.54. The number of para-hydroxylation sites is 3. The van der Waals surface area contributed by atoms with E-state index in [1.165, 1.54) is 60.1 Å². The third-order valence-corrected chi connectivity index (χ3v) is 9.80. The molecule has 3 nitrogen and oxygen atoms in total. The van der Waals surface area contributed by atoms with E-state index in [0.717, 1.165) is 5.82 Å². The van der Waals surface area contributed by atoms with Crippen molar-refractivity contribution in [3.63, 3.8) is 0 Å². The number of hydrogen-bond acceptors (Lipinski definition) is 2. The van der Waals surface area contributed by atoms with E-state index in [0.29, 0.717) is 11.2 Å². The molecule has 9 rings (SSSR count). The van der Waals surface area contributed by atoms with Crippen LogP contribution in [0.15, 0.2) is 126 Å². The molecule has 1 aliphatic carbocycles. The highest BCUT2D eigenvalue weighted by atomic mass is 32.2. The zero-order valence-corrected chi connectivity index (χ0v) is 21.8. The van der Waals surface area contributed by atoms with Crippen LogP contribution in [0.1, 0.15) is 28.0 Å². The minimum Gasteiger partial charge on any atom is -0.309 e. The van der Waals surface area contributed by atoms with Crippen LogP contribution in [-0.4, -0.2) is 14.1 Å². The number of aromatic nitrogens is 3. The number of nitrogens with zero attached hydrogens (tertiary/aromatic N) is 3. The molecule has 4 aromatic carbocycles. The van der Waals surface area contributed by atoms with Crippen LogP contribution in [0.5, 0.6) is 0 Å². The molecule has 0 saturated heterocycles. The topological polar surface area (TPSA) is 22.8 Å². The fourth-order valence-corrected chi connectivity index (χ4v) is 8.45. The maximum absolute atomic E-state index is 4.73. The summed E-state index contributed by atoms with van der Waals surface area (Å²) in [5, 5.41) is 4.33. The van der Waals surface area contributed by atoms with Crippen molar-refractivity contribution in [1.82, 2.24) is 14.1 Å². The third kappa shape index (κ3) is 2.87. The van der Waals surface area contributed by atoms with Crippen LogP contribution in [0, 0.1) is 0 Å². The van der Waals surface area contributed by atoms with Gasteiger partial charge >= 0.3 is 0 Å². The highest BCUT2D eigenvalue weighted by Gasteiger charge is 2.40. The summed E-state index contributed by atoms with van der Waals surface area (Å²) < 4.78 is 4.75. The Bertz CT molecular complexity index is 2100. The van der Waals surface area contributed by atoms with Crippen LogP contribution in [0.2, 0.25) is 0 Å². The van der Waals surface area contributed by atoms with Gasteiger partial charge in [0, 0.05) is 44.1 Å². The Balaban J connectivity index is 1.30. The van der Waals surface area contributed by atoms with E-state index < -0.39 is 0 Å². The molecule has 0 saturated carbocycles. The van der Waals surface area contributed by atoms with Crippen molar-refractivity contribution in [2.45, 2.75) is 16.1 Å². The van der Waals surface area contributed by atoms with Crippen molar-refractivity contribution < 1.29 is 0 Å². The van der Waals surface area contributed by atoms with Crippen LogP contribution in [0.3, 0.4) is 0 Å². The second-order valence-corrected chi connectivity index (χ2v) is 11.5. The van der Waals surface area contributed by atoms with Crippen LogP contribution in [-0.2, 0) is 0 Å². The van der Waals surface area contributed by atoms with Gasteiger partial charge in [-0.1, -0.05) is 72.8 Å². The Morgan fingerprint density at radius 3 is 2.21 bits per heavy atom. The minimum atomic E-state index is 0.319. The van der Waals surface area contributed by atoms with E-state index in [1.54, 1.807) is 0 Å². The molecule has 0 amide bonds. The monoisotopic (exact) mass is 517 g/mol. The molecule has 0 radical (unpaired) electrons. The Morgan fingerprint density at radius 1 is 0.641 bits per heavy atom. The first-order valence-electron chi connectivity index (χ1n) is 13.4. The van der Waals surface area contributed by atoms with Crippen LogP contribution >= 0.6 is 11.8 Å². The van der Waals surface area contributed by atoms with E-state index in [-0.39, 0.29) is 0 Å². The van der Waals surface area contributed by atoms with Gasteiger partial charge in [-0.2, -0.15) is 0 Å². The summed E-state index contributed by atoms with van der Waals surface area (Å²) in [5.74, 6) is 1.30. The van der Waals surface area contributed by atoms with Crippen molar-refractivity contribution in [3.8, 4) is 11.5 Å². The smallest absolute Gasteiger partial charge is 0.137 e. The molecule has 39 heavy (non-hydrogen) atoms. The van der Waals surface area contributed by atoms with Gasteiger partial charge in [-0.15, -0.1) is 11.8 Å². The number of pyridine rings is 1. The van der Waals surface area contributed by atoms with Crippen molar-refractivity contribution in [3.05, 3.63) is 138 Å². The second kappa shape index (κ2) is 7.98. The molecule has 2 atom stereocenters. The van der Waals surface area contributed by atoms with Gasteiger partial charge < -0.3 is 4.57 Å². The molecule has 0 bridgehead atoms. The molecule has 2 aliphatic rings. The van der Waals surface area contributed by atoms with Crippen molar-refractivity contribution in [2.75, 3.05) is 0 Å². The Kier molecular flexibility index (Phi) is 4.38. The van der Waals surface area contributed by atoms with Crippen molar-refractivity contribution in [1.29, 1.82) is 0 Å². The van der Waals surface area contributed by atoms with Crippen LogP contribution < -0.4 is 0 Å². The number of fused-ring (bicyclic) bond motifs is 11. The lowest BCUT2D eigenvalue weighted by molar-refractivity contribution is 0.817. The lowest BCUT2D eigenvalue weighted by atomic mass is 9.86. The normalized spacial score (nSPS) is 17.5. The molecule has 0 spiro atoms. The Labute approximate surface area is 230 Å². The van der Waals surface area contributed by atoms with Gasteiger partial charge in [0.15, 0.2) is 0 Å². The molecule has 1 aliphatic heterocycles. The maximum atomic E-state index is 4.73. The van der Waals surface area contributed by atoms with Gasteiger partial charge in [-0.3, -0.25) is 4.57 Å². The first-order chi connectivity index (χ1) is 19.4. The average Bonchev–Trinajstić information content (AvgIpc) is 3.65. The van der Waals surface area contributed by atoms with E-state index >= 15 is 0 Å². The number of allylic oxidation sites excluding steroid dienone is 1. The molecule has 4 heteroatoms. The maximum Gasteiger partial charge on any atom is 0.137 e. The quantitative estimate of drug-likeness (QED) is 0.228. The minimum absolute atomic E-state index is 0.319. The number of thioether (sulfide) groups is 1. The van der Waals surface area contributed by atoms with Gasteiger partial charge in [-0.05, 0) is 59.7 Å². The first-order valence-corrected chi connectivity index (χ1v) is 14.3. The summed E-state index contributed by atoms with van der Waals surface area (Å²) in [6.45, 7) is 0. The molecule has 4 heterocycles. The highest BCUT2D eigenvalue weighted by molar-refractivity contribution is 8.00. The van der Waals surface area contributed by atoms with Gasteiger partial charge in [0.1, 0.15) is 5.82 Å². The third-order valence-electron chi connectivity index (χ3n) is 8.34. The number of rotatable bonds is 2. The summed E-state index contributed by atoms with van der Waals surface area (Å²) in [6, 6.07) is 39.3. The molecule has 0 N–H and O–H groups in total. The second-order valence-electron chi connectivity index (χ2n) is 10.3. The largest absolute Gasteiger partial charge is 0.309 e. The predicted molar refractivity (Wildman–Crippen MR) is 162 cm³/mol.